The van der Waals surface area contributed by atoms with Crippen LogP contribution in [-0.4, -0.2) is 24.0 Å². The second kappa shape index (κ2) is 8.25. The van der Waals surface area contributed by atoms with Crippen molar-refractivity contribution in [1.29, 1.82) is 0 Å². The van der Waals surface area contributed by atoms with Gasteiger partial charge in [0.05, 0.1) is 15.6 Å². The molecule has 146 valence electrons. The number of benzene rings is 2. The van der Waals surface area contributed by atoms with Crippen LogP contribution in [-0.2, 0) is 0 Å². The van der Waals surface area contributed by atoms with E-state index in [1.807, 2.05) is 32.0 Å². The Bertz CT molecular complexity index is 1080. The molecule has 0 saturated carbocycles. The van der Waals surface area contributed by atoms with E-state index in [4.69, 9.17) is 23.2 Å². The molecular formula is C21H21Cl2N3O2. The Hall–Kier alpha value is -2.50. The molecule has 0 fully saturated rings. The number of aromatic amines is 1. The van der Waals surface area contributed by atoms with Crippen molar-refractivity contribution in [3.63, 3.8) is 0 Å². The Morgan fingerprint density at radius 1 is 1.04 bits per heavy atom. The lowest BCUT2D eigenvalue weighted by Crippen LogP contribution is -2.38. The summed E-state index contributed by atoms with van der Waals surface area (Å²) in [4.78, 5) is 27.8. The highest BCUT2D eigenvalue weighted by atomic mass is 35.5. The maximum atomic E-state index is 12.3. The maximum Gasteiger partial charge on any atom is 0.251 e. The Balaban J connectivity index is 1.61. The largest absolute Gasteiger partial charge is 0.371 e. The molecule has 7 heteroatoms. The first-order chi connectivity index (χ1) is 13.2. The van der Waals surface area contributed by atoms with E-state index in [9.17, 15) is 9.59 Å². The molecule has 0 spiro atoms. The van der Waals surface area contributed by atoms with Gasteiger partial charge in [0.25, 0.3) is 5.91 Å². The van der Waals surface area contributed by atoms with Crippen LogP contribution in [0.1, 0.15) is 24.2 Å². The fraction of sp³-hybridized carbons (Fsp3) is 0.238. The molecule has 0 aliphatic carbocycles. The minimum Gasteiger partial charge on any atom is -0.371 e. The van der Waals surface area contributed by atoms with Gasteiger partial charge in [0, 0.05) is 30.1 Å². The quantitative estimate of drug-likeness (QED) is 0.543. The summed E-state index contributed by atoms with van der Waals surface area (Å²) < 4.78 is 0. The summed E-state index contributed by atoms with van der Waals surface area (Å²) in [7, 11) is 0. The van der Waals surface area contributed by atoms with Crippen LogP contribution in [0.15, 0.2) is 53.3 Å². The lowest BCUT2D eigenvalue weighted by Gasteiger charge is -2.26. The number of hydrogen-bond donors (Lipinski definition) is 3. The number of anilines is 1. The zero-order valence-corrected chi connectivity index (χ0v) is 17.1. The molecule has 0 aliphatic rings. The SMILES string of the molecule is CC(C)(CNC(=O)c1ccc(Cl)c(Cl)c1)CNc1cc(=O)c2ccccc2[nH]1. The van der Waals surface area contributed by atoms with Crippen LogP contribution < -0.4 is 16.1 Å². The van der Waals surface area contributed by atoms with E-state index in [2.05, 4.69) is 15.6 Å². The first-order valence-electron chi connectivity index (χ1n) is 8.84. The number of carbonyl (C=O) groups is 1. The molecule has 0 saturated heterocycles. The van der Waals surface area contributed by atoms with Crippen molar-refractivity contribution in [2.45, 2.75) is 13.8 Å². The summed E-state index contributed by atoms with van der Waals surface area (Å²) in [6.45, 7) is 5.04. The van der Waals surface area contributed by atoms with Crippen molar-refractivity contribution >= 4 is 45.8 Å². The van der Waals surface area contributed by atoms with Crippen molar-refractivity contribution < 1.29 is 4.79 Å². The molecule has 0 radical (unpaired) electrons. The zero-order chi connectivity index (χ0) is 20.3. The minimum atomic E-state index is -0.256. The highest BCUT2D eigenvalue weighted by molar-refractivity contribution is 6.42. The van der Waals surface area contributed by atoms with Gasteiger partial charge in [-0.15, -0.1) is 0 Å². The number of H-pyrrole nitrogens is 1. The smallest absolute Gasteiger partial charge is 0.251 e. The Labute approximate surface area is 173 Å². The molecule has 0 aliphatic heterocycles. The fourth-order valence-corrected chi connectivity index (χ4v) is 3.05. The van der Waals surface area contributed by atoms with E-state index in [1.54, 1.807) is 30.3 Å². The van der Waals surface area contributed by atoms with Gasteiger partial charge < -0.3 is 15.6 Å². The van der Waals surface area contributed by atoms with Gasteiger partial charge in [-0.2, -0.15) is 0 Å². The van der Waals surface area contributed by atoms with E-state index in [0.29, 0.717) is 39.9 Å². The number of fused-ring (bicyclic) bond motifs is 1. The molecular weight excluding hydrogens is 397 g/mol. The number of halogens is 2. The Morgan fingerprint density at radius 2 is 1.79 bits per heavy atom. The van der Waals surface area contributed by atoms with Crippen LogP contribution >= 0.6 is 23.2 Å². The predicted octanol–water partition coefficient (Wildman–Crippen LogP) is 4.70. The van der Waals surface area contributed by atoms with Crippen LogP contribution in [0.5, 0.6) is 0 Å². The highest BCUT2D eigenvalue weighted by Gasteiger charge is 2.20. The topological polar surface area (TPSA) is 74.0 Å². The number of hydrogen-bond acceptors (Lipinski definition) is 3. The van der Waals surface area contributed by atoms with Crippen molar-refractivity contribution in [3.05, 3.63) is 74.4 Å². The summed E-state index contributed by atoms with van der Waals surface area (Å²) in [5, 5.41) is 7.57. The average molecular weight is 418 g/mol. The van der Waals surface area contributed by atoms with E-state index in [-0.39, 0.29) is 16.8 Å². The van der Waals surface area contributed by atoms with Crippen LogP contribution in [0.2, 0.25) is 10.0 Å². The normalized spacial score (nSPS) is 11.4. The average Bonchev–Trinajstić information content (AvgIpc) is 2.67. The number of pyridine rings is 1. The maximum absolute atomic E-state index is 12.3. The number of amides is 1. The van der Waals surface area contributed by atoms with E-state index in [0.717, 1.165) is 5.52 Å². The zero-order valence-electron chi connectivity index (χ0n) is 15.6. The van der Waals surface area contributed by atoms with Crippen molar-refractivity contribution in [1.82, 2.24) is 10.3 Å². The van der Waals surface area contributed by atoms with Crippen molar-refractivity contribution in [3.8, 4) is 0 Å². The molecule has 1 amide bonds. The Morgan fingerprint density at radius 3 is 2.54 bits per heavy atom. The highest BCUT2D eigenvalue weighted by Crippen LogP contribution is 2.23. The monoisotopic (exact) mass is 417 g/mol. The van der Waals surface area contributed by atoms with Crippen LogP contribution in [0.4, 0.5) is 5.82 Å². The van der Waals surface area contributed by atoms with Gasteiger partial charge in [-0.05, 0) is 35.7 Å². The predicted molar refractivity (Wildman–Crippen MR) is 116 cm³/mol. The third-order valence-electron chi connectivity index (χ3n) is 4.40. The fourth-order valence-electron chi connectivity index (χ4n) is 2.75. The van der Waals surface area contributed by atoms with Gasteiger partial charge in [0.1, 0.15) is 5.82 Å². The van der Waals surface area contributed by atoms with Crippen LogP contribution in [0, 0.1) is 5.41 Å². The summed E-state index contributed by atoms with van der Waals surface area (Å²) >= 11 is 11.9. The number of para-hydroxylation sites is 1. The van der Waals surface area contributed by atoms with E-state index >= 15 is 0 Å². The third-order valence-corrected chi connectivity index (χ3v) is 5.14. The lowest BCUT2D eigenvalue weighted by atomic mass is 9.93. The van der Waals surface area contributed by atoms with Gasteiger partial charge >= 0.3 is 0 Å². The molecule has 5 nitrogen and oxygen atoms in total. The molecule has 3 aromatic rings. The second-order valence-electron chi connectivity index (χ2n) is 7.42. The van der Waals surface area contributed by atoms with Crippen molar-refractivity contribution in [2.75, 3.05) is 18.4 Å². The number of carbonyl (C=O) groups excluding carboxylic acids is 1. The molecule has 1 aromatic heterocycles. The lowest BCUT2D eigenvalue weighted by molar-refractivity contribution is 0.0938. The van der Waals surface area contributed by atoms with Crippen LogP contribution in [0.25, 0.3) is 10.9 Å². The standard InChI is InChI=1S/C21H21Cl2N3O2/c1-21(2,12-25-20(28)13-7-8-15(22)16(23)9-13)11-24-19-10-18(27)14-5-3-4-6-17(14)26-19/h3-10H,11-12H2,1-2H3,(H,25,28)(H2,24,26,27). The third kappa shape index (κ3) is 4.86. The van der Waals surface area contributed by atoms with Gasteiger partial charge in [0.15, 0.2) is 5.43 Å². The minimum absolute atomic E-state index is 0.0393. The molecule has 0 unspecified atom stereocenters. The molecule has 28 heavy (non-hydrogen) atoms. The first kappa shape index (κ1) is 20.2. The molecule has 0 atom stereocenters. The molecule has 3 N–H and O–H groups in total. The van der Waals surface area contributed by atoms with E-state index < -0.39 is 0 Å². The molecule has 3 rings (SSSR count). The van der Waals surface area contributed by atoms with Gasteiger partial charge in [-0.25, -0.2) is 0 Å². The van der Waals surface area contributed by atoms with Gasteiger partial charge in [0.2, 0.25) is 0 Å². The van der Waals surface area contributed by atoms with Crippen molar-refractivity contribution in [2.24, 2.45) is 5.41 Å². The first-order valence-corrected chi connectivity index (χ1v) is 9.60. The Kier molecular flexibility index (Phi) is 5.96. The second-order valence-corrected chi connectivity index (χ2v) is 8.24. The van der Waals surface area contributed by atoms with E-state index in [1.165, 1.54) is 0 Å². The summed E-state index contributed by atoms with van der Waals surface area (Å²) in [6.07, 6.45) is 0. The molecule has 2 aromatic carbocycles. The molecule has 1 heterocycles. The number of aromatic nitrogens is 1. The molecule has 0 bridgehead atoms. The van der Waals surface area contributed by atoms with Crippen LogP contribution in [0.3, 0.4) is 0 Å². The van der Waals surface area contributed by atoms with Gasteiger partial charge in [-0.1, -0.05) is 49.2 Å². The summed E-state index contributed by atoms with van der Waals surface area (Å²) in [6, 6.07) is 13.7. The number of rotatable bonds is 6. The summed E-state index contributed by atoms with van der Waals surface area (Å²) in [5.74, 6) is 0.429. The summed E-state index contributed by atoms with van der Waals surface area (Å²) in [5.41, 5.74) is 0.942. The number of nitrogens with one attached hydrogen (secondary N) is 3. The van der Waals surface area contributed by atoms with Gasteiger partial charge in [-0.3, -0.25) is 9.59 Å².